The summed E-state index contributed by atoms with van der Waals surface area (Å²) in [7, 11) is 0. The Morgan fingerprint density at radius 1 is 1.25 bits per heavy atom. The minimum absolute atomic E-state index is 0.0253. The van der Waals surface area contributed by atoms with Crippen LogP contribution in [0.5, 0.6) is 0 Å². The summed E-state index contributed by atoms with van der Waals surface area (Å²) < 4.78 is 0. The van der Waals surface area contributed by atoms with E-state index in [1.807, 2.05) is 0 Å². The fourth-order valence-corrected chi connectivity index (χ4v) is 2.76. The maximum absolute atomic E-state index is 9.57. The van der Waals surface area contributed by atoms with E-state index in [1.165, 1.54) is 6.42 Å². The molecule has 1 heterocycles. The predicted molar refractivity (Wildman–Crippen MR) is 66.3 cm³/mol. The second-order valence-electron chi connectivity index (χ2n) is 5.35. The molecule has 0 amide bonds. The smallest absolute Gasteiger partial charge is 0.0589 e. The van der Waals surface area contributed by atoms with Gasteiger partial charge in [0.15, 0.2) is 0 Å². The zero-order valence-electron chi connectivity index (χ0n) is 10.9. The van der Waals surface area contributed by atoms with Crippen LogP contribution in [0, 0.1) is 11.3 Å². The summed E-state index contributed by atoms with van der Waals surface area (Å²) in [5.41, 5.74) is 0.0253. The number of hydrogen-bond acceptors (Lipinski definition) is 3. The first-order chi connectivity index (χ1) is 7.62. The molecule has 1 rings (SSSR count). The van der Waals surface area contributed by atoms with Gasteiger partial charge in [-0.15, -0.1) is 0 Å². The second kappa shape index (κ2) is 5.99. The van der Waals surface area contributed by atoms with E-state index in [4.69, 9.17) is 0 Å². The van der Waals surface area contributed by atoms with Gasteiger partial charge in [0.25, 0.3) is 0 Å². The van der Waals surface area contributed by atoms with Crippen LogP contribution in [0.25, 0.3) is 0 Å². The Bertz CT molecular complexity index is 196. The van der Waals surface area contributed by atoms with Crippen LogP contribution in [0.3, 0.4) is 0 Å². The van der Waals surface area contributed by atoms with E-state index >= 15 is 0 Å². The highest BCUT2D eigenvalue weighted by Gasteiger charge is 2.36. The molecule has 96 valence electrons. The highest BCUT2D eigenvalue weighted by Crippen LogP contribution is 2.32. The average molecular weight is 229 g/mol. The molecule has 1 aliphatic heterocycles. The van der Waals surface area contributed by atoms with Crippen molar-refractivity contribution in [1.29, 1.82) is 0 Å². The van der Waals surface area contributed by atoms with Gasteiger partial charge in [0, 0.05) is 24.6 Å². The fourth-order valence-electron chi connectivity index (χ4n) is 2.76. The molecule has 0 aromatic heterocycles. The van der Waals surface area contributed by atoms with E-state index in [9.17, 15) is 10.2 Å². The van der Waals surface area contributed by atoms with Crippen LogP contribution in [0.15, 0.2) is 0 Å². The summed E-state index contributed by atoms with van der Waals surface area (Å²) in [5.74, 6) is 0.579. The maximum Gasteiger partial charge on any atom is 0.0589 e. The molecule has 0 radical (unpaired) electrons. The summed E-state index contributed by atoms with van der Waals surface area (Å²) in [6, 6.07) is 0.295. The Hall–Kier alpha value is -0.120. The van der Waals surface area contributed by atoms with Crippen LogP contribution in [-0.4, -0.2) is 47.5 Å². The molecule has 1 fully saturated rings. The average Bonchev–Trinajstić information content (AvgIpc) is 2.66. The van der Waals surface area contributed by atoms with E-state index in [2.05, 4.69) is 25.7 Å². The largest absolute Gasteiger partial charge is 0.396 e. The third kappa shape index (κ3) is 2.76. The molecular formula is C13H27NO2. The van der Waals surface area contributed by atoms with Gasteiger partial charge in [-0.25, -0.2) is 0 Å². The van der Waals surface area contributed by atoms with E-state index < -0.39 is 0 Å². The van der Waals surface area contributed by atoms with Gasteiger partial charge in [-0.05, 0) is 31.7 Å². The number of aliphatic hydroxyl groups excluding tert-OH is 2. The molecule has 16 heavy (non-hydrogen) atoms. The van der Waals surface area contributed by atoms with E-state index in [0.29, 0.717) is 12.0 Å². The van der Waals surface area contributed by atoms with Crippen LogP contribution in [0.4, 0.5) is 0 Å². The summed E-state index contributed by atoms with van der Waals surface area (Å²) in [6.07, 6.45) is 3.17. The standard InChI is InChI=1S/C13H27NO2/c1-4-13(5-2,10-16)9-14-7-6-11(3)12(14)8-15/h11-12,15-16H,4-10H2,1-3H3. The molecule has 2 atom stereocenters. The van der Waals surface area contributed by atoms with E-state index in [0.717, 1.165) is 25.9 Å². The molecule has 2 unspecified atom stereocenters. The van der Waals surface area contributed by atoms with Gasteiger partial charge >= 0.3 is 0 Å². The van der Waals surface area contributed by atoms with Crippen molar-refractivity contribution in [3.8, 4) is 0 Å². The Labute approximate surface area is 99.5 Å². The molecule has 0 aromatic carbocycles. The molecular weight excluding hydrogens is 202 g/mol. The Morgan fingerprint density at radius 2 is 1.88 bits per heavy atom. The molecule has 1 saturated heterocycles. The lowest BCUT2D eigenvalue weighted by molar-refractivity contribution is 0.0427. The third-order valence-corrected chi connectivity index (χ3v) is 4.56. The monoisotopic (exact) mass is 229 g/mol. The highest BCUT2D eigenvalue weighted by molar-refractivity contribution is 4.89. The summed E-state index contributed by atoms with van der Waals surface area (Å²) in [6.45, 7) is 8.99. The molecule has 1 aliphatic rings. The lowest BCUT2D eigenvalue weighted by Crippen LogP contribution is -2.44. The van der Waals surface area contributed by atoms with Crippen molar-refractivity contribution in [3.05, 3.63) is 0 Å². The van der Waals surface area contributed by atoms with Gasteiger partial charge in [0.05, 0.1) is 6.61 Å². The van der Waals surface area contributed by atoms with E-state index in [-0.39, 0.29) is 18.6 Å². The van der Waals surface area contributed by atoms with Gasteiger partial charge in [-0.1, -0.05) is 20.8 Å². The lowest BCUT2D eigenvalue weighted by Gasteiger charge is -2.36. The summed E-state index contributed by atoms with van der Waals surface area (Å²) in [5, 5.41) is 19.0. The SMILES string of the molecule is CCC(CC)(CO)CN1CCC(C)C1CO. The molecule has 0 bridgehead atoms. The van der Waals surface area contributed by atoms with Crippen LogP contribution in [0.1, 0.15) is 40.0 Å². The summed E-state index contributed by atoms with van der Waals surface area (Å²) in [4.78, 5) is 2.37. The molecule has 0 saturated carbocycles. The van der Waals surface area contributed by atoms with Crippen molar-refractivity contribution >= 4 is 0 Å². The van der Waals surface area contributed by atoms with Crippen molar-refractivity contribution in [2.75, 3.05) is 26.3 Å². The molecule has 0 aromatic rings. The minimum Gasteiger partial charge on any atom is -0.396 e. The van der Waals surface area contributed by atoms with Crippen LogP contribution < -0.4 is 0 Å². The van der Waals surface area contributed by atoms with Gasteiger partial charge in [0.2, 0.25) is 0 Å². The van der Waals surface area contributed by atoms with Crippen molar-refractivity contribution in [3.63, 3.8) is 0 Å². The quantitative estimate of drug-likeness (QED) is 0.725. The molecule has 0 aliphatic carbocycles. The van der Waals surface area contributed by atoms with Crippen LogP contribution in [0.2, 0.25) is 0 Å². The number of hydrogen-bond donors (Lipinski definition) is 2. The fraction of sp³-hybridized carbons (Fsp3) is 1.00. The first kappa shape index (κ1) is 13.9. The normalized spacial score (nSPS) is 27.6. The predicted octanol–water partition coefficient (Wildman–Crippen LogP) is 1.49. The summed E-state index contributed by atoms with van der Waals surface area (Å²) >= 11 is 0. The Balaban J connectivity index is 2.64. The van der Waals surface area contributed by atoms with E-state index in [1.54, 1.807) is 0 Å². The third-order valence-electron chi connectivity index (χ3n) is 4.56. The van der Waals surface area contributed by atoms with Gasteiger partial charge in [-0.3, -0.25) is 4.90 Å². The first-order valence-electron chi connectivity index (χ1n) is 6.58. The van der Waals surface area contributed by atoms with Gasteiger partial charge in [0.1, 0.15) is 0 Å². The van der Waals surface area contributed by atoms with Crippen LogP contribution in [-0.2, 0) is 0 Å². The van der Waals surface area contributed by atoms with Crippen molar-refractivity contribution in [2.24, 2.45) is 11.3 Å². The van der Waals surface area contributed by atoms with Crippen molar-refractivity contribution in [2.45, 2.75) is 46.1 Å². The Kier molecular flexibility index (Phi) is 5.22. The van der Waals surface area contributed by atoms with Crippen LogP contribution >= 0.6 is 0 Å². The zero-order chi connectivity index (χ0) is 12.2. The zero-order valence-corrected chi connectivity index (χ0v) is 10.9. The maximum atomic E-state index is 9.57. The number of rotatable bonds is 6. The topological polar surface area (TPSA) is 43.7 Å². The molecule has 3 nitrogen and oxygen atoms in total. The highest BCUT2D eigenvalue weighted by atomic mass is 16.3. The lowest BCUT2D eigenvalue weighted by atomic mass is 9.82. The molecule has 0 spiro atoms. The Morgan fingerprint density at radius 3 is 2.31 bits per heavy atom. The van der Waals surface area contributed by atoms with Gasteiger partial charge in [-0.2, -0.15) is 0 Å². The number of likely N-dealkylation sites (tertiary alicyclic amines) is 1. The van der Waals surface area contributed by atoms with Gasteiger partial charge < -0.3 is 10.2 Å². The second-order valence-corrected chi connectivity index (χ2v) is 5.35. The minimum atomic E-state index is 0.0253. The first-order valence-corrected chi connectivity index (χ1v) is 6.58. The molecule has 2 N–H and O–H groups in total. The number of aliphatic hydroxyl groups is 2. The van der Waals surface area contributed by atoms with Crippen molar-refractivity contribution in [1.82, 2.24) is 4.90 Å². The molecule has 3 heteroatoms. The van der Waals surface area contributed by atoms with Crippen molar-refractivity contribution < 1.29 is 10.2 Å². The number of nitrogens with zero attached hydrogens (tertiary/aromatic N) is 1.